The van der Waals surface area contributed by atoms with Crippen LogP contribution in [0.1, 0.15) is 44.2 Å². The van der Waals surface area contributed by atoms with Crippen LogP contribution in [0.3, 0.4) is 0 Å². The standard InChI is InChI=1S/C16H24ClNO2S/c1-12(2)9-10-18(15-7-8-15)21(19,20)16-6-4-5-14(11-17)13(16)3/h4-6,12,15H,7-11H2,1-3H3. The SMILES string of the molecule is Cc1c(CCl)cccc1S(=O)(=O)N(CCC(C)C)C1CC1. The second kappa shape index (κ2) is 6.67. The van der Waals surface area contributed by atoms with Gasteiger partial charge in [0.05, 0.1) is 4.90 Å². The summed E-state index contributed by atoms with van der Waals surface area (Å²) in [6.07, 6.45) is 2.85. The third kappa shape index (κ3) is 3.79. The van der Waals surface area contributed by atoms with Crippen LogP contribution in [0.5, 0.6) is 0 Å². The van der Waals surface area contributed by atoms with Crippen molar-refractivity contribution >= 4 is 21.6 Å². The van der Waals surface area contributed by atoms with Crippen LogP contribution in [0.2, 0.25) is 0 Å². The van der Waals surface area contributed by atoms with Gasteiger partial charge in [-0.25, -0.2) is 8.42 Å². The Morgan fingerprint density at radius 2 is 2.00 bits per heavy atom. The lowest BCUT2D eigenvalue weighted by atomic mass is 10.1. The fraction of sp³-hybridized carbons (Fsp3) is 0.625. The second-order valence-corrected chi connectivity index (χ2v) is 8.33. The number of benzene rings is 1. The number of hydrogen-bond donors (Lipinski definition) is 0. The molecule has 2 rings (SSSR count). The van der Waals surface area contributed by atoms with Crippen molar-refractivity contribution in [1.29, 1.82) is 0 Å². The van der Waals surface area contributed by atoms with Crippen molar-refractivity contribution in [3.8, 4) is 0 Å². The molecular formula is C16H24ClNO2S. The first-order valence-electron chi connectivity index (χ1n) is 7.54. The molecule has 3 nitrogen and oxygen atoms in total. The molecule has 0 unspecified atom stereocenters. The molecular weight excluding hydrogens is 306 g/mol. The highest BCUT2D eigenvalue weighted by Gasteiger charge is 2.38. The van der Waals surface area contributed by atoms with Crippen LogP contribution in [0.25, 0.3) is 0 Å². The van der Waals surface area contributed by atoms with E-state index >= 15 is 0 Å². The lowest BCUT2D eigenvalue weighted by Crippen LogP contribution is -2.35. The fourth-order valence-corrected chi connectivity index (χ4v) is 4.72. The monoisotopic (exact) mass is 329 g/mol. The van der Waals surface area contributed by atoms with Crippen molar-refractivity contribution in [2.75, 3.05) is 6.54 Å². The molecule has 5 heteroatoms. The number of halogens is 1. The van der Waals surface area contributed by atoms with E-state index in [4.69, 9.17) is 11.6 Å². The molecule has 0 atom stereocenters. The van der Waals surface area contributed by atoms with E-state index in [0.29, 0.717) is 23.2 Å². The van der Waals surface area contributed by atoms with Crippen molar-refractivity contribution in [2.24, 2.45) is 5.92 Å². The Labute approximate surface area is 133 Å². The van der Waals surface area contributed by atoms with Crippen LogP contribution in [-0.2, 0) is 15.9 Å². The summed E-state index contributed by atoms with van der Waals surface area (Å²) in [5.74, 6) is 0.835. The number of rotatable bonds is 7. The normalized spacial score (nSPS) is 15.9. The van der Waals surface area contributed by atoms with Crippen LogP contribution in [-0.4, -0.2) is 25.3 Å². The summed E-state index contributed by atoms with van der Waals surface area (Å²) < 4.78 is 27.7. The van der Waals surface area contributed by atoms with Crippen molar-refractivity contribution in [3.05, 3.63) is 29.3 Å². The summed E-state index contributed by atoms with van der Waals surface area (Å²) in [6.45, 7) is 6.70. The Kier molecular flexibility index (Phi) is 5.33. The van der Waals surface area contributed by atoms with Crippen molar-refractivity contribution in [3.63, 3.8) is 0 Å². The number of alkyl halides is 1. The van der Waals surface area contributed by atoms with Gasteiger partial charge in [0.2, 0.25) is 10.0 Å². The van der Waals surface area contributed by atoms with Crippen LogP contribution in [0.15, 0.2) is 23.1 Å². The highest BCUT2D eigenvalue weighted by molar-refractivity contribution is 7.89. The molecule has 1 aliphatic carbocycles. The molecule has 0 aliphatic heterocycles. The van der Waals surface area contributed by atoms with Gasteiger partial charge in [0.1, 0.15) is 0 Å². The minimum atomic E-state index is -3.42. The van der Waals surface area contributed by atoms with E-state index in [2.05, 4.69) is 13.8 Å². The molecule has 0 aromatic heterocycles. The molecule has 21 heavy (non-hydrogen) atoms. The topological polar surface area (TPSA) is 37.4 Å². The minimum absolute atomic E-state index is 0.188. The molecule has 1 aliphatic rings. The van der Waals surface area contributed by atoms with E-state index in [1.54, 1.807) is 16.4 Å². The lowest BCUT2D eigenvalue weighted by Gasteiger charge is -2.24. The first kappa shape index (κ1) is 16.8. The summed E-state index contributed by atoms with van der Waals surface area (Å²) in [5, 5.41) is 0. The van der Waals surface area contributed by atoms with E-state index < -0.39 is 10.0 Å². The Hall–Kier alpha value is -0.580. The molecule has 1 saturated carbocycles. The Morgan fingerprint density at radius 1 is 1.33 bits per heavy atom. The molecule has 1 fully saturated rings. The van der Waals surface area contributed by atoms with Crippen molar-refractivity contribution in [2.45, 2.75) is 56.9 Å². The predicted octanol–water partition coefficient (Wildman–Crippen LogP) is 3.93. The van der Waals surface area contributed by atoms with Gasteiger partial charge < -0.3 is 0 Å². The Bertz CT molecular complexity index is 594. The molecule has 1 aromatic rings. The molecule has 0 spiro atoms. The van der Waals surface area contributed by atoms with Gasteiger partial charge in [-0.15, -0.1) is 11.6 Å². The zero-order chi connectivity index (χ0) is 15.6. The Morgan fingerprint density at radius 3 is 2.52 bits per heavy atom. The van der Waals surface area contributed by atoms with Gasteiger partial charge in [-0.1, -0.05) is 26.0 Å². The van der Waals surface area contributed by atoms with Crippen LogP contribution in [0, 0.1) is 12.8 Å². The smallest absolute Gasteiger partial charge is 0.207 e. The largest absolute Gasteiger partial charge is 0.243 e. The first-order valence-corrected chi connectivity index (χ1v) is 9.51. The molecule has 0 heterocycles. The average molecular weight is 330 g/mol. The summed E-state index contributed by atoms with van der Waals surface area (Å²) in [6, 6.07) is 5.56. The first-order chi connectivity index (χ1) is 9.87. The van der Waals surface area contributed by atoms with Crippen LogP contribution < -0.4 is 0 Å². The molecule has 0 amide bonds. The van der Waals surface area contributed by atoms with E-state index in [-0.39, 0.29) is 6.04 Å². The highest BCUT2D eigenvalue weighted by Crippen LogP contribution is 2.34. The van der Waals surface area contributed by atoms with Gasteiger partial charge in [0, 0.05) is 18.5 Å². The maximum Gasteiger partial charge on any atom is 0.243 e. The van der Waals surface area contributed by atoms with Crippen LogP contribution in [0.4, 0.5) is 0 Å². The summed E-state index contributed by atoms with van der Waals surface area (Å²) in [4.78, 5) is 0.413. The molecule has 0 bridgehead atoms. The van der Waals surface area contributed by atoms with Crippen molar-refractivity contribution in [1.82, 2.24) is 4.31 Å². The number of nitrogens with zero attached hydrogens (tertiary/aromatic N) is 1. The van der Waals surface area contributed by atoms with Crippen molar-refractivity contribution < 1.29 is 8.42 Å². The van der Waals surface area contributed by atoms with Crippen LogP contribution >= 0.6 is 11.6 Å². The number of sulfonamides is 1. The quantitative estimate of drug-likeness (QED) is 0.711. The van der Waals surface area contributed by atoms with Gasteiger partial charge in [-0.05, 0) is 49.3 Å². The highest BCUT2D eigenvalue weighted by atomic mass is 35.5. The van der Waals surface area contributed by atoms with Gasteiger partial charge in [0.25, 0.3) is 0 Å². The fourth-order valence-electron chi connectivity index (χ4n) is 2.46. The van der Waals surface area contributed by atoms with E-state index in [9.17, 15) is 8.42 Å². The van der Waals surface area contributed by atoms with Gasteiger partial charge >= 0.3 is 0 Å². The van der Waals surface area contributed by atoms with Gasteiger partial charge in [0.15, 0.2) is 0 Å². The summed E-state index contributed by atoms with van der Waals surface area (Å²) in [7, 11) is -3.42. The van der Waals surface area contributed by atoms with E-state index in [1.807, 2.05) is 13.0 Å². The van der Waals surface area contributed by atoms with Gasteiger partial charge in [-0.2, -0.15) is 4.31 Å². The second-order valence-electron chi connectivity index (χ2n) is 6.20. The minimum Gasteiger partial charge on any atom is -0.207 e. The maximum absolute atomic E-state index is 13.0. The molecule has 0 radical (unpaired) electrons. The predicted molar refractivity (Wildman–Crippen MR) is 87.1 cm³/mol. The molecule has 0 saturated heterocycles. The molecule has 118 valence electrons. The number of hydrogen-bond acceptors (Lipinski definition) is 2. The summed E-state index contributed by atoms with van der Waals surface area (Å²) in [5.41, 5.74) is 1.67. The Balaban J connectivity index is 2.34. The third-order valence-corrected chi connectivity index (χ3v) is 6.39. The summed E-state index contributed by atoms with van der Waals surface area (Å²) >= 11 is 5.90. The zero-order valence-corrected chi connectivity index (χ0v) is 14.5. The van der Waals surface area contributed by atoms with E-state index in [1.165, 1.54) is 0 Å². The van der Waals surface area contributed by atoms with Gasteiger partial charge in [-0.3, -0.25) is 0 Å². The maximum atomic E-state index is 13.0. The third-order valence-electron chi connectivity index (χ3n) is 4.01. The molecule has 0 N–H and O–H groups in total. The lowest BCUT2D eigenvalue weighted by molar-refractivity contribution is 0.373. The molecule has 1 aromatic carbocycles. The van der Waals surface area contributed by atoms with E-state index in [0.717, 1.165) is 30.4 Å². The average Bonchev–Trinajstić information content (AvgIpc) is 3.23. The zero-order valence-electron chi connectivity index (χ0n) is 13.0.